The number of aromatic nitrogens is 1. The second kappa shape index (κ2) is 5.54. The molecule has 1 aromatic carbocycles. The molecule has 20 heavy (non-hydrogen) atoms. The van der Waals surface area contributed by atoms with Gasteiger partial charge in [-0.3, -0.25) is 4.79 Å². The van der Waals surface area contributed by atoms with Gasteiger partial charge in [0, 0.05) is 10.7 Å². The smallest absolute Gasteiger partial charge is 0.298 e. The third-order valence-electron chi connectivity index (χ3n) is 2.60. The Morgan fingerprint density at radius 2 is 1.95 bits per heavy atom. The molecule has 0 saturated carbocycles. The van der Waals surface area contributed by atoms with Crippen LogP contribution in [0.5, 0.6) is 0 Å². The number of alkyl halides is 3. The molecule has 0 spiro atoms. The highest BCUT2D eigenvalue weighted by molar-refractivity contribution is 9.10. The van der Waals surface area contributed by atoms with Crippen molar-refractivity contribution in [1.29, 1.82) is 0 Å². The molecule has 0 fully saturated rings. The highest BCUT2D eigenvalue weighted by atomic mass is 79.9. The van der Waals surface area contributed by atoms with Crippen molar-refractivity contribution in [2.45, 2.75) is 6.18 Å². The molecule has 2 aromatic rings. The van der Waals surface area contributed by atoms with E-state index in [-0.39, 0.29) is 20.8 Å². The van der Waals surface area contributed by atoms with Crippen molar-refractivity contribution in [3.63, 3.8) is 0 Å². The van der Waals surface area contributed by atoms with Crippen molar-refractivity contribution in [3.8, 4) is 11.1 Å². The average Bonchev–Trinajstić information content (AvgIpc) is 2.36. The van der Waals surface area contributed by atoms with Crippen LogP contribution in [0.25, 0.3) is 11.1 Å². The first-order valence-corrected chi connectivity index (χ1v) is 6.48. The van der Waals surface area contributed by atoms with E-state index in [1.807, 2.05) is 0 Å². The summed E-state index contributed by atoms with van der Waals surface area (Å²) in [4.78, 5) is 14.8. The summed E-state index contributed by atoms with van der Waals surface area (Å²) in [5.74, 6) is 0. The minimum absolute atomic E-state index is 0.0500. The van der Waals surface area contributed by atoms with E-state index in [9.17, 15) is 18.0 Å². The van der Waals surface area contributed by atoms with Crippen molar-refractivity contribution < 1.29 is 18.0 Å². The third-order valence-corrected chi connectivity index (χ3v) is 3.35. The zero-order valence-corrected chi connectivity index (χ0v) is 12.1. The molecule has 0 radical (unpaired) electrons. The van der Waals surface area contributed by atoms with Gasteiger partial charge in [-0.25, -0.2) is 4.98 Å². The lowest BCUT2D eigenvalue weighted by Crippen LogP contribution is -2.05. The maximum Gasteiger partial charge on any atom is 0.416 e. The standard InChI is InChI=1S/C13H6BrClF3NO/c14-9-4-7(3-8(5-9)13(16,17)18)10-1-2-19-12(15)11(10)6-20/h1-6H. The van der Waals surface area contributed by atoms with Gasteiger partial charge in [0.2, 0.25) is 0 Å². The van der Waals surface area contributed by atoms with Crippen molar-refractivity contribution >= 4 is 33.8 Å². The second-order valence-corrected chi connectivity index (χ2v) is 5.18. The normalized spacial score (nSPS) is 11.4. The van der Waals surface area contributed by atoms with Crippen LogP contribution in [-0.2, 0) is 6.18 Å². The number of nitrogens with zero attached hydrogens (tertiary/aromatic N) is 1. The summed E-state index contributed by atoms with van der Waals surface area (Å²) < 4.78 is 38.6. The van der Waals surface area contributed by atoms with Crippen LogP contribution in [0, 0.1) is 0 Å². The molecule has 0 aliphatic rings. The highest BCUT2D eigenvalue weighted by Crippen LogP contribution is 2.36. The number of halogens is 5. The first kappa shape index (κ1) is 15.0. The Morgan fingerprint density at radius 1 is 1.25 bits per heavy atom. The first-order chi connectivity index (χ1) is 9.32. The minimum atomic E-state index is -4.48. The van der Waals surface area contributed by atoms with Crippen LogP contribution in [0.4, 0.5) is 13.2 Å². The molecule has 1 aromatic heterocycles. The second-order valence-electron chi connectivity index (χ2n) is 3.91. The molecule has 0 N–H and O–H groups in total. The lowest BCUT2D eigenvalue weighted by Gasteiger charge is -2.11. The number of hydrogen-bond acceptors (Lipinski definition) is 2. The summed E-state index contributed by atoms with van der Waals surface area (Å²) in [7, 11) is 0. The van der Waals surface area contributed by atoms with E-state index in [2.05, 4.69) is 20.9 Å². The Bertz CT molecular complexity index is 673. The van der Waals surface area contributed by atoms with E-state index in [1.54, 1.807) is 0 Å². The number of rotatable bonds is 2. The van der Waals surface area contributed by atoms with Gasteiger partial charge in [-0.05, 0) is 35.4 Å². The van der Waals surface area contributed by atoms with Crippen molar-refractivity contribution in [2.24, 2.45) is 0 Å². The van der Waals surface area contributed by atoms with Gasteiger partial charge in [-0.2, -0.15) is 13.2 Å². The van der Waals surface area contributed by atoms with Gasteiger partial charge in [0.25, 0.3) is 0 Å². The predicted octanol–water partition coefficient (Wildman–Crippen LogP) is 5.00. The van der Waals surface area contributed by atoms with Crippen LogP contribution in [0.3, 0.4) is 0 Å². The highest BCUT2D eigenvalue weighted by Gasteiger charge is 2.31. The van der Waals surface area contributed by atoms with E-state index in [0.717, 1.165) is 12.1 Å². The zero-order chi connectivity index (χ0) is 14.9. The molecule has 0 aliphatic carbocycles. The molecule has 104 valence electrons. The monoisotopic (exact) mass is 363 g/mol. The Morgan fingerprint density at radius 3 is 2.55 bits per heavy atom. The lowest BCUT2D eigenvalue weighted by molar-refractivity contribution is -0.137. The topological polar surface area (TPSA) is 30.0 Å². The largest absolute Gasteiger partial charge is 0.416 e. The summed E-state index contributed by atoms with van der Waals surface area (Å²) in [5, 5.41) is -0.0500. The third kappa shape index (κ3) is 3.02. The van der Waals surface area contributed by atoms with Gasteiger partial charge in [0.05, 0.1) is 11.1 Å². The molecule has 1 heterocycles. The summed E-state index contributed by atoms with van der Waals surface area (Å²) in [6.45, 7) is 0. The molecule has 0 unspecified atom stereocenters. The molecule has 0 bridgehead atoms. The molecule has 0 aliphatic heterocycles. The molecule has 7 heteroatoms. The molecular formula is C13H6BrClF3NO. The average molecular weight is 365 g/mol. The van der Waals surface area contributed by atoms with Gasteiger partial charge in [0.15, 0.2) is 6.29 Å². The zero-order valence-electron chi connectivity index (χ0n) is 9.71. The summed E-state index contributed by atoms with van der Waals surface area (Å²) in [5.41, 5.74) is -0.225. The van der Waals surface area contributed by atoms with E-state index >= 15 is 0 Å². The van der Waals surface area contributed by atoms with Crippen LogP contribution < -0.4 is 0 Å². The van der Waals surface area contributed by atoms with Gasteiger partial charge >= 0.3 is 6.18 Å². The van der Waals surface area contributed by atoms with Gasteiger partial charge in [-0.15, -0.1) is 0 Å². The Balaban J connectivity index is 2.68. The Labute approximate surface area is 125 Å². The maximum atomic E-state index is 12.8. The molecule has 0 amide bonds. The number of hydrogen-bond donors (Lipinski definition) is 0. The van der Waals surface area contributed by atoms with Gasteiger partial charge in [0.1, 0.15) is 5.15 Å². The Hall–Kier alpha value is -1.40. The fourth-order valence-corrected chi connectivity index (χ4v) is 2.42. The molecular weight excluding hydrogens is 359 g/mol. The first-order valence-electron chi connectivity index (χ1n) is 5.31. The number of carbonyl (C=O) groups is 1. The Kier molecular flexibility index (Phi) is 4.15. The van der Waals surface area contributed by atoms with Gasteiger partial charge in [-0.1, -0.05) is 27.5 Å². The van der Waals surface area contributed by atoms with Crippen LogP contribution >= 0.6 is 27.5 Å². The number of benzene rings is 1. The van der Waals surface area contributed by atoms with Crippen LogP contribution in [0.1, 0.15) is 15.9 Å². The minimum Gasteiger partial charge on any atom is -0.298 e. The van der Waals surface area contributed by atoms with Crippen molar-refractivity contribution in [3.05, 3.63) is 51.2 Å². The number of aldehydes is 1. The van der Waals surface area contributed by atoms with E-state index in [0.29, 0.717) is 11.8 Å². The van der Waals surface area contributed by atoms with Crippen molar-refractivity contribution in [1.82, 2.24) is 4.98 Å². The fraction of sp³-hybridized carbons (Fsp3) is 0.0769. The molecule has 0 saturated heterocycles. The van der Waals surface area contributed by atoms with E-state index < -0.39 is 11.7 Å². The molecule has 2 nitrogen and oxygen atoms in total. The number of pyridine rings is 1. The predicted molar refractivity (Wildman–Crippen MR) is 72.8 cm³/mol. The van der Waals surface area contributed by atoms with E-state index in [4.69, 9.17) is 11.6 Å². The van der Waals surface area contributed by atoms with Crippen LogP contribution in [-0.4, -0.2) is 11.3 Å². The van der Waals surface area contributed by atoms with Gasteiger partial charge < -0.3 is 0 Å². The quantitative estimate of drug-likeness (QED) is 0.555. The maximum absolute atomic E-state index is 12.8. The number of carbonyl (C=O) groups excluding carboxylic acids is 1. The van der Waals surface area contributed by atoms with E-state index in [1.165, 1.54) is 18.3 Å². The summed E-state index contributed by atoms with van der Waals surface area (Å²) in [6.07, 6.45) is -2.67. The van der Waals surface area contributed by atoms with Crippen LogP contribution in [0.2, 0.25) is 5.15 Å². The molecule has 2 rings (SSSR count). The van der Waals surface area contributed by atoms with Crippen LogP contribution in [0.15, 0.2) is 34.9 Å². The summed E-state index contributed by atoms with van der Waals surface area (Å²) >= 11 is 8.80. The van der Waals surface area contributed by atoms with Crippen molar-refractivity contribution in [2.75, 3.05) is 0 Å². The summed E-state index contributed by atoms with van der Waals surface area (Å²) in [6, 6.07) is 4.85. The molecule has 0 atom stereocenters. The SMILES string of the molecule is O=Cc1c(-c2cc(Br)cc(C(F)(F)F)c2)ccnc1Cl. The fourth-order valence-electron chi connectivity index (χ4n) is 1.72. The lowest BCUT2D eigenvalue weighted by atomic mass is 10.0.